The Morgan fingerprint density at radius 1 is 1.22 bits per heavy atom. The Kier molecular flexibility index (Phi) is 3.54. The normalized spacial score (nSPS) is 11.1. The zero-order valence-corrected chi connectivity index (χ0v) is 9.88. The molecular weight excluding hydrogens is 244 g/mol. The smallest absolute Gasteiger partial charge is 0.254 e. The summed E-state index contributed by atoms with van der Waals surface area (Å²) in [5, 5.41) is 2.28. The summed E-state index contributed by atoms with van der Waals surface area (Å²) in [6, 6.07) is 1.36. The number of carbonyl (C=O) groups excluding carboxylic acids is 2. The maximum absolute atomic E-state index is 13.0. The Balaban J connectivity index is 3.06. The van der Waals surface area contributed by atoms with Crippen molar-refractivity contribution in [3.05, 3.63) is 29.3 Å². The van der Waals surface area contributed by atoms with Gasteiger partial charge in [0, 0.05) is 11.8 Å². The van der Waals surface area contributed by atoms with E-state index in [4.69, 9.17) is 11.5 Å². The van der Waals surface area contributed by atoms with Gasteiger partial charge in [-0.05, 0) is 19.9 Å². The molecule has 0 aliphatic carbocycles. The molecule has 5 nitrogen and oxygen atoms in total. The first-order chi connectivity index (χ1) is 8.15. The molecule has 0 unspecified atom stereocenters. The van der Waals surface area contributed by atoms with E-state index in [0.717, 1.165) is 0 Å². The van der Waals surface area contributed by atoms with Crippen molar-refractivity contribution in [3.8, 4) is 0 Å². The number of carbonyl (C=O) groups is 2. The number of primary amides is 1. The fourth-order valence-corrected chi connectivity index (χ4v) is 1.17. The van der Waals surface area contributed by atoms with Crippen LogP contribution in [-0.4, -0.2) is 17.4 Å². The number of hydrogen-bond acceptors (Lipinski definition) is 3. The van der Waals surface area contributed by atoms with E-state index in [1.165, 1.54) is 13.8 Å². The maximum Gasteiger partial charge on any atom is 0.254 e. The SMILES string of the molecule is CC(C)(NC(=O)c1cc(F)c(F)cc1N)C(N)=O. The second-order valence-electron chi connectivity index (χ2n) is 4.30. The van der Waals surface area contributed by atoms with Gasteiger partial charge in [0.05, 0.1) is 5.56 Å². The van der Waals surface area contributed by atoms with E-state index in [-0.39, 0.29) is 11.3 Å². The van der Waals surface area contributed by atoms with Crippen LogP contribution in [0.5, 0.6) is 0 Å². The third-order valence-electron chi connectivity index (χ3n) is 2.38. The van der Waals surface area contributed by atoms with Gasteiger partial charge < -0.3 is 16.8 Å². The molecule has 0 bridgehead atoms. The quantitative estimate of drug-likeness (QED) is 0.689. The zero-order chi connectivity index (χ0) is 14.1. The summed E-state index contributed by atoms with van der Waals surface area (Å²) in [7, 11) is 0. The van der Waals surface area contributed by atoms with Crippen LogP contribution in [-0.2, 0) is 4.79 Å². The van der Waals surface area contributed by atoms with Crippen LogP contribution in [0.2, 0.25) is 0 Å². The highest BCUT2D eigenvalue weighted by molar-refractivity contribution is 6.02. The Morgan fingerprint density at radius 3 is 2.22 bits per heavy atom. The van der Waals surface area contributed by atoms with E-state index in [0.29, 0.717) is 12.1 Å². The standard InChI is InChI=1S/C11H13F2N3O2/c1-11(2,10(15)18)16-9(17)5-3-6(12)7(13)4-8(5)14/h3-4H,14H2,1-2H3,(H2,15,18)(H,16,17). The molecule has 0 aliphatic heterocycles. The van der Waals surface area contributed by atoms with E-state index in [2.05, 4.69) is 5.32 Å². The highest BCUT2D eigenvalue weighted by atomic mass is 19.2. The molecule has 0 saturated carbocycles. The number of anilines is 1. The van der Waals surface area contributed by atoms with Crippen molar-refractivity contribution in [2.24, 2.45) is 5.73 Å². The van der Waals surface area contributed by atoms with Gasteiger partial charge in [0.15, 0.2) is 11.6 Å². The average Bonchev–Trinajstić information content (AvgIpc) is 2.22. The van der Waals surface area contributed by atoms with Crippen LogP contribution in [0, 0.1) is 11.6 Å². The minimum Gasteiger partial charge on any atom is -0.398 e. The van der Waals surface area contributed by atoms with Crippen LogP contribution in [0.1, 0.15) is 24.2 Å². The summed E-state index contributed by atoms with van der Waals surface area (Å²) >= 11 is 0. The first-order valence-corrected chi connectivity index (χ1v) is 5.02. The Morgan fingerprint density at radius 2 is 1.72 bits per heavy atom. The van der Waals surface area contributed by atoms with Crippen molar-refractivity contribution in [1.29, 1.82) is 0 Å². The first kappa shape index (κ1) is 13.9. The summed E-state index contributed by atoms with van der Waals surface area (Å²) < 4.78 is 25.8. The Hall–Kier alpha value is -2.18. The lowest BCUT2D eigenvalue weighted by atomic mass is 10.0. The van der Waals surface area contributed by atoms with E-state index in [1.54, 1.807) is 0 Å². The molecule has 1 rings (SSSR count). The van der Waals surface area contributed by atoms with E-state index in [9.17, 15) is 18.4 Å². The number of nitrogens with two attached hydrogens (primary N) is 2. The second-order valence-corrected chi connectivity index (χ2v) is 4.30. The fraction of sp³-hybridized carbons (Fsp3) is 0.273. The van der Waals surface area contributed by atoms with Crippen molar-refractivity contribution in [2.45, 2.75) is 19.4 Å². The average molecular weight is 257 g/mol. The van der Waals surface area contributed by atoms with Gasteiger partial charge in [0.2, 0.25) is 5.91 Å². The largest absolute Gasteiger partial charge is 0.398 e. The number of nitrogens with one attached hydrogen (secondary N) is 1. The van der Waals surface area contributed by atoms with E-state index < -0.39 is 29.0 Å². The second kappa shape index (κ2) is 4.59. The van der Waals surface area contributed by atoms with Gasteiger partial charge in [-0.25, -0.2) is 8.78 Å². The van der Waals surface area contributed by atoms with Gasteiger partial charge in [-0.1, -0.05) is 0 Å². The number of nitrogen functional groups attached to an aromatic ring is 1. The third kappa shape index (κ3) is 2.73. The molecule has 0 saturated heterocycles. The lowest BCUT2D eigenvalue weighted by Gasteiger charge is -2.22. The minimum atomic E-state index is -1.33. The molecule has 1 aromatic rings. The third-order valence-corrected chi connectivity index (χ3v) is 2.38. The molecule has 0 radical (unpaired) electrons. The highest BCUT2D eigenvalue weighted by Crippen LogP contribution is 2.17. The molecule has 7 heteroatoms. The monoisotopic (exact) mass is 257 g/mol. The van der Waals surface area contributed by atoms with Crippen molar-refractivity contribution >= 4 is 17.5 Å². The van der Waals surface area contributed by atoms with Gasteiger partial charge in [0.1, 0.15) is 5.54 Å². The number of benzene rings is 1. The van der Waals surface area contributed by atoms with Crippen LogP contribution < -0.4 is 16.8 Å². The molecule has 0 fully saturated rings. The molecule has 0 heterocycles. The summed E-state index contributed by atoms with van der Waals surface area (Å²) in [6.07, 6.45) is 0. The van der Waals surface area contributed by atoms with Crippen molar-refractivity contribution in [3.63, 3.8) is 0 Å². The van der Waals surface area contributed by atoms with Crippen molar-refractivity contribution < 1.29 is 18.4 Å². The number of amides is 2. The predicted octanol–water partition coefficient (Wildman–Crippen LogP) is 0.541. The predicted molar refractivity (Wildman–Crippen MR) is 61.5 cm³/mol. The molecule has 98 valence electrons. The summed E-state index contributed by atoms with van der Waals surface area (Å²) in [6.45, 7) is 2.76. The van der Waals surface area contributed by atoms with Gasteiger partial charge in [-0.3, -0.25) is 9.59 Å². The number of halogens is 2. The molecule has 0 aromatic heterocycles. The summed E-state index contributed by atoms with van der Waals surface area (Å²) in [4.78, 5) is 22.8. The fourth-order valence-electron chi connectivity index (χ4n) is 1.17. The van der Waals surface area contributed by atoms with E-state index >= 15 is 0 Å². The molecule has 0 atom stereocenters. The van der Waals surface area contributed by atoms with Crippen LogP contribution in [0.15, 0.2) is 12.1 Å². The Labute approximate surface area is 102 Å². The number of hydrogen-bond donors (Lipinski definition) is 3. The van der Waals surface area contributed by atoms with Gasteiger partial charge in [-0.15, -0.1) is 0 Å². The molecule has 0 spiro atoms. The van der Waals surface area contributed by atoms with Crippen LogP contribution in [0.25, 0.3) is 0 Å². The van der Waals surface area contributed by atoms with Crippen molar-refractivity contribution in [2.75, 3.05) is 5.73 Å². The molecular formula is C11H13F2N3O2. The summed E-state index contributed by atoms with van der Waals surface area (Å²) in [5.41, 5.74) is 8.66. The maximum atomic E-state index is 13.0. The molecule has 18 heavy (non-hydrogen) atoms. The highest BCUT2D eigenvalue weighted by Gasteiger charge is 2.28. The lowest BCUT2D eigenvalue weighted by Crippen LogP contribution is -2.53. The first-order valence-electron chi connectivity index (χ1n) is 5.02. The van der Waals surface area contributed by atoms with Gasteiger partial charge in [-0.2, -0.15) is 0 Å². The lowest BCUT2D eigenvalue weighted by molar-refractivity contribution is -0.122. The van der Waals surface area contributed by atoms with Crippen LogP contribution in [0.3, 0.4) is 0 Å². The van der Waals surface area contributed by atoms with Gasteiger partial charge >= 0.3 is 0 Å². The molecule has 5 N–H and O–H groups in total. The molecule has 1 aromatic carbocycles. The number of rotatable bonds is 3. The zero-order valence-electron chi connectivity index (χ0n) is 9.88. The Bertz CT molecular complexity index is 515. The van der Waals surface area contributed by atoms with Crippen LogP contribution >= 0.6 is 0 Å². The molecule has 0 aliphatic rings. The van der Waals surface area contributed by atoms with E-state index in [1.807, 2.05) is 0 Å². The van der Waals surface area contributed by atoms with Gasteiger partial charge in [0.25, 0.3) is 5.91 Å². The molecule has 2 amide bonds. The summed E-state index contributed by atoms with van der Waals surface area (Å²) in [5.74, 6) is -3.93. The van der Waals surface area contributed by atoms with Crippen molar-refractivity contribution in [1.82, 2.24) is 5.32 Å². The topological polar surface area (TPSA) is 98.2 Å². The minimum absolute atomic E-state index is 0.230. The van der Waals surface area contributed by atoms with Crippen LogP contribution in [0.4, 0.5) is 14.5 Å².